The van der Waals surface area contributed by atoms with Crippen molar-refractivity contribution in [1.29, 1.82) is 0 Å². The van der Waals surface area contributed by atoms with Gasteiger partial charge in [-0.1, -0.05) is 0 Å². The Bertz CT molecular complexity index is 600. The quantitative estimate of drug-likeness (QED) is 0.896. The molecule has 7 heteroatoms. The zero-order valence-electron chi connectivity index (χ0n) is 11.4. The smallest absolute Gasteiger partial charge is 0.246 e. The third-order valence-corrected chi connectivity index (χ3v) is 3.81. The molecule has 1 N–H and O–H groups in total. The molecule has 0 spiro atoms. The topological polar surface area (TPSA) is 52.7 Å². The molecule has 1 saturated heterocycles. The van der Waals surface area contributed by atoms with Gasteiger partial charge in [0, 0.05) is 25.2 Å². The van der Waals surface area contributed by atoms with Crippen molar-refractivity contribution in [3.8, 4) is 0 Å². The molecule has 1 aromatic rings. The van der Waals surface area contributed by atoms with Crippen molar-refractivity contribution in [3.05, 3.63) is 23.8 Å². The molecule has 1 aromatic carbocycles. The van der Waals surface area contributed by atoms with E-state index in [1.54, 1.807) is 4.90 Å². The van der Waals surface area contributed by atoms with Gasteiger partial charge in [-0.05, 0) is 12.8 Å². The molecular formula is C14H15F2N3O2. The lowest BCUT2D eigenvalue weighted by atomic mass is 10.1. The minimum Gasteiger partial charge on any atom is -0.374 e. The molecule has 0 radical (unpaired) electrons. The largest absolute Gasteiger partial charge is 0.374 e. The first-order valence-corrected chi connectivity index (χ1v) is 6.87. The van der Waals surface area contributed by atoms with Gasteiger partial charge in [0.25, 0.3) is 0 Å². The van der Waals surface area contributed by atoms with Crippen LogP contribution < -0.4 is 10.2 Å². The molecule has 5 nitrogen and oxygen atoms in total. The Balaban J connectivity index is 1.86. The number of carbonyl (C=O) groups excluding carboxylic acids is 2. The van der Waals surface area contributed by atoms with E-state index < -0.39 is 11.6 Å². The van der Waals surface area contributed by atoms with Crippen molar-refractivity contribution >= 4 is 23.2 Å². The van der Waals surface area contributed by atoms with Gasteiger partial charge in [-0.15, -0.1) is 0 Å². The molecule has 0 atom stereocenters. The monoisotopic (exact) mass is 295 g/mol. The van der Waals surface area contributed by atoms with Crippen molar-refractivity contribution in [2.75, 3.05) is 36.4 Å². The van der Waals surface area contributed by atoms with Gasteiger partial charge in [0.1, 0.15) is 6.54 Å². The summed E-state index contributed by atoms with van der Waals surface area (Å²) in [5, 5.41) is 2.73. The van der Waals surface area contributed by atoms with E-state index in [0.29, 0.717) is 18.8 Å². The van der Waals surface area contributed by atoms with Gasteiger partial charge in [-0.25, -0.2) is 8.78 Å². The van der Waals surface area contributed by atoms with E-state index in [-0.39, 0.29) is 30.6 Å². The number of fused-ring (bicyclic) bond motifs is 1. The minimum atomic E-state index is -1.04. The molecule has 0 bridgehead atoms. The molecule has 112 valence electrons. The Labute approximate surface area is 120 Å². The number of likely N-dealkylation sites (tertiary alicyclic amines) is 1. The lowest BCUT2D eigenvalue weighted by molar-refractivity contribution is -0.130. The van der Waals surface area contributed by atoms with Crippen molar-refractivity contribution < 1.29 is 18.4 Å². The second-order valence-corrected chi connectivity index (χ2v) is 5.20. The standard InChI is InChI=1S/C14H15F2N3O2/c15-9-5-11-12(6-10(9)16)19(13(20)7-17-11)8-14(21)18-3-1-2-4-18/h5-6,17H,1-4,7-8H2. The first kappa shape index (κ1) is 13.8. The van der Waals surface area contributed by atoms with Crippen molar-refractivity contribution in [1.82, 2.24) is 4.90 Å². The van der Waals surface area contributed by atoms with Gasteiger partial charge in [-0.3, -0.25) is 14.5 Å². The van der Waals surface area contributed by atoms with Crippen molar-refractivity contribution in [3.63, 3.8) is 0 Å². The summed E-state index contributed by atoms with van der Waals surface area (Å²) in [5.74, 6) is -2.52. The number of amides is 2. The molecule has 0 aliphatic carbocycles. The number of nitrogens with one attached hydrogen (secondary N) is 1. The van der Waals surface area contributed by atoms with Gasteiger partial charge in [0.15, 0.2) is 11.6 Å². The van der Waals surface area contributed by atoms with Gasteiger partial charge in [0.2, 0.25) is 11.8 Å². The third-order valence-electron chi connectivity index (χ3n) is 3.81. The fourth-order valence-corrected chi connectivity index (χ4v) is 2.68. The van der Waals surface area contributed by atoms with E-state index in [9.17, 15) is 18.4 Å². The van der Waals surface area contributed by atoms with E-state index in [1.165, 1.54) is 4.90 Å². The number of nitrogens with zero attached hydrogens (tertiary/aromatic N) is 2. The highest BCUT2D eigenvalue weighted by molar-refractivity contribution is 6.05. The predicted molar refractivity (Wildman–Crippen MR) is 73.0 cm³/mol. The second-order valence-electron chi connectivity index (χ2n) is 5.20. The highest BCUT2D eigenvalue weighted by Gasteiger charge is 2.29. The zero-order valence-corrected chi connectivity index (χ0v) is 11.4. The molecule has 2 aliphatic heterocycles. The summed E-state index contributed by atoms with van der Waals surface area (Å²) in [6.45, 7) is 1.19. The van der Waals surface area contributed by atoms with Crippen LogP contribution >= 0.6 is 0 Å². The maximum atomic E-state index is 13.4. The summed E-state index contributed by atoms with van der Waals surface area (Å²) in [5.41, 5.74) is 0.528. The van der Waals surface area contributed by atoms with Crippen LogP contribution in [0.25, 0.3) is 0 Å². The van der Waals surface area contributed by atoms with Gasteiger partial charge in [-0.2, -0.15) is 0 Å². The molecule has 0 unspecified atom stereocenters. The van der Waals surface area contributed by atoms with Crippen LogP contribution in [-0.2, 0) is 9.59 Å². The number of hydrogen-bond donors (Lipinski definition) is 1. The highest BCUT2D eigenvalue weighted by atomic mass is 19.2. The first-order chi connectivity index (χ1) is 10.1. The Morgan fingerprint density at radius 3 is 2.57 bits per heavy atom. The number of carbonyl (C=O) groups is 2. The molecule has 2 amide bonds. The van der Waals surface area contributed by atoms with E-state index in [1.807, 2.05) is 0 Å². The summed E-state index contributed by atoms with van der Waals surface area (Å²) in [6, 6.07) is 1.95. The lowest BCUT2D eigenvalue weighted by Gasteiger charge is -2.31. The Morgan fingerprint density at radius 1 is 1.19 bits per heavy atom. The predicted octanol–water partition coefficient (Wildman–Crippen LogP) is 1.35. The Hall–Kier alpha value is -2.18. The summed E-state index contributed by atoms with van der Waals surface area (Å²) in [7, 11) is 0. The van der Waals surface area contributed by atoms with Crippen molar-refractivity contribution in [2.45, 2.75) is 12.8 Å². The van der Waals surface area contributed by atoms with E-state index in [2.05, 4.69) is 5.32 Å². The second kappa shape index (κ2) is 5.31. The van der Waals surface area contributed by atoms with Crippen LogP contribution in [-0.4, -0.2) is 42.9 Å². The van der Waals surface area contributed by atoms with Crippen LogP contribution in [0, 0.1) is 11.6 Å². The Kier molecular flexibility index (Phi) is 3.48. The summed E-state index contributed by atoms with van der Waals surface area (Å²) in [6.07, 6.45) is 1.91. The number of halogens is 2. The van der Waals surface area contributed by atoms with E-state index >= 15 is 0 Å². The molecule has 21 heavy (non-hydrogen) atoms. The molecule has 1 fully saturated rings. The summed E-state index contributed by atoms with van der Waals surface area (Å²) < 4.78 is 26.7. The Morgan fingerprint density at radius 2 is 1.86 bits per heavy atom. The number of anilines is 2. The van der Waals surface area contributed by atoms with Crippen LogP contribution in [0.15, 0.2) is 12.1 Å². The van der Waals surface area contributed by atoms with E-state index in [0.717, 1.165) is 25.0 Å². The van der Waals surface area contributed by atoms with Crippen LogP contribution in [0.1, 0.15) is 12.8 Å². The molecular weight excluding hydrogens is 280 g/mol. The third kappa shape index (κ3) is 2.55. The average Bonchev–Trinajstić information content (AvgIpc) is 2.98. The van der Waals surface area contributed by atoms with Crippen LogP contribution in [0.2, 0.25) is 0 Å². The number of hydrogen-bond acceptors (Lipinski definition) is 3. The first-order valence-electron chi connectivity index (χ1n) is 6.87. The van der Waals surface area contributed by atoms with Crippen LogP contribution in [0.3, 0.4) is 0 Å². The normalized spacial score (nSPS) is 17.7. The molecule has 2 aliphatic rings. The fourth-order valence-electron chi connectivity index (χ4n) is 2.68. The number of rotatable bonds is 2. The maximum Gasteiger partial charge on any atom is 0.246 e. The fraction of sp³-hybridized carbons (Fsp3) is 0.429. The summed E-state index contributed by atoms with van der Waals surface area (Å²) in [4.78, 5) is 27.1. The van der Waals surface area contributed by atoms with Gasteiger partial charge in [0.05, 0.1) is 17.9 Å². The zero-order chi connectivity index (χ0) is 15.0. The SMILES string of the molecule is O=C(CN1C(=O)CNc2cc(F)c(F)cc21)N1CCCC1. The molecule has 0 aromatic heterocycles. The lowest BCUT2D eigenvalue weighted by Crippen LogP contribution is -2.46. The van der Waals surface area contributed by atoms with Crippen LogP contribution in [0.5, 0.6) is 0 Å². The summed E-state index contributed by atoms with van der Waals surface area (Å²) >= 11 is 0. The minimum absolute atomic E-state index is 0.0364. The number of benzene rings is 1. The van der Waals surface area contributed by atoms with E-state index in [4.69, 9.17) is 0 Å². The average molecular weight is 295 g/mol. The van der Waals surface area contributed by atoms with Gasteiger partial charge < -0.3 is 10.2 Å². The maximum absolute atomic E-state index is 13.4. The molecule has 0 saturated carbocycles. The van der Waals surface area contributed by atoms with Gasteiger partial charge >= 0.3 is 0 Å². The highest BCUT2D eigenvalue weighted by Crippen LogP contribution is 2.31. The molecule has 2 heterocycles. The molecule has 3 rings (SSSR count). The van der Waals surface area contributed by atoms with Crippen molar-refractivity contribution in [2.24, 2.45) is 0 Å². The van der Waals surface area contributed by atoms with Crippen LogP contribution in [0.4, 0.5) is 20.2 Å².